The molecule has 0 amide bonds. The van der Waals surface area contributed by atoms with E-state index in [0.29, 0.717) is 5.92 Å². The number of piperidine rings is 1. The van der Waals surface area contributed by atoms with Gasteiger partial charge in [0, 0.05) is 6.54 Å². The molecule has 1 aromatic carbocycles. The molecule has 3 nitrogen and oxygen atoms in total. The Morgan fingerprint density at radius 2 is 2.16 bits per heavy atom. The average Bonchev–Trinajstić information content (AvgIpc) is 2.49. The molecule has 1 N–H and O–H groups in total. The van der Waals surface area contributed by atoms with Crippen molar-refractivity contribution in [2.75, 3.05) is 20.2 Å². The molecule has 19 heavy (non-hydrogen) atoms. The lowest BCUT2D eigenvalue weighted by Gasteiger charge is -2.23. The Morgan fingerprint density at radius 3 is 2.68 bits per heavy atom. The molecule has 0 aliphatic carbocycles. The maximum absolute atomic E-state index is 11.7. The summed E-state index contributed by atoms with van der Waals surface area (Å²) in [6, 6.07) is 8.49. The molecule has 0 spiro atoms. The topological polar surface area (TPSA) is 38.3 Å². The molecule has 1 aromatic rings. The van der Waals surface area contributed by atoms with Crippen molar-refractivity contribution in [2.24, 2.45) is 0 Å². The van der Waals surface area contributed by atoms with Crippen molar-refractivity contribution in [2.45, 2.75) is 38.0 Å². The third-order valence-corrected chi connectivity index (χ3v) is 4.00. The number of hydrogen-bond donors (Lipinski definition) is 1. The van der Waals surface area contributed by atoms with Gasteiger partial charge in [-0.25, -0.2) is 0 Å². The summed E-state index contributed by atoms with van der Waals surface area (Å²) in [4.78, 5) is 11.7. The Hall–Kier alpha value is -1.35. The van der Waals surface area contributed by atoms with Crippen LogP contribution in [0.1, 0.15) is 49.1 Å². The molecule has 3 heteroatoms. The van der Waals surface area contributed by atoms with Crippen molar-refractivity contribution in [3.8, 4) is 0 Å². The zero-order valence-electron chi connectivity index (χ0n) is 11.8. The minimum atomic E-state index is -0.144. The minimum Gasteiger partial charge on any atom is -0.469 e. The van der Waals surface area contributed by atoms with Crippen LogP contribution in [-0.2, 0) is 9.53 Å². The lowest BCUT2D eigenvalue weighted by atomic mass is 9.89. The van der Waals surface area contributed by atoms with E-state index in [-0.39, 0.29) is 11.9 Å². The molecule has 0 saturated carbocycles. The van der Waals surface area contributed by atoms with Crippen molar-refractivity contribution in [1.29, 1.82) is 0 Å². The summed E-state index contributed by atoms with van der Waals surface area (Å²) in [6.45, 7) is 4.21. The van der Waals surface area contributed by atoms with Crippen LogP contribution in [0, 0.1) is 0 Å². The van der Waals surface area contributed by atoms with E-state index in [1.165, 1.54) is 25.5 Å². The molecule has 2 rings (SSSR count). The van der Waals surface area contributed by atoms with Crippen molar-refractivity contribution < 1.29 is 9.53 Å². The first-order chi connectivity index (χ1) is 9.26. The highest BCUT2D eigenvalue weighted by Gasteiger charge is 2.20. The second-order valence-corrected chi connectivity index (χ2v) is 5.19. The number of rotatable bonds is 4. The predicted octanol–water partition coefficient (Wildman–Crippen LogP) is 2.82. The van der Waals surface area contributed by atoms with E-state index in [2.05, 4.69) is 29.6 Å². The van der Waals surface area contributed by atoms with Gasteiger partial charge < -0.3 is 10.1 Å². The molecule has 1 aliphatic heterocycles. The number of hydrogen-bond acceptors (Lipinski definition) is 3. The maximum Gasteiger partial charge on any atom is 0.313 e. The minimum absolute atomic E-state index is 0.136. The number of nitrogens with one attached hydrogen (secondary N) is 1. The molecule has 0 bridgehead atoms. The van der Waals surface area contributed by atoms with E-state index >= 15 is 0 Å². The van der Waals surface area contributed by atoms with Crippen LogP contribution >= 0.6 is 0 Å². The Balaban J connectivity index is 2.10. The van der Waals surface area contributed by atoms with Crippen molar-refractivity contribution in [1.82, 2.24) is 5.32 Å². The van der Waals surface area contributed by atoms with Crippen molar-refractivity contribution >= 4 is 5.97 Å². The van der Waals surface area contributed by atoms with E-state index < -0.39 is 0 Å². The Bertz CT molecular complexity index is 407. The lowest BCUT2D eigenvalue weighted by molar-refractivity contribution is -0.142. The summed E-state index contributed by atoms with van der Waals surface area (Å²) in [5.41, 5.74) is 2.43. The van der Waals surface area contributed by atoms with E-state index in [4.69, 9.17) is 4.74 Å². The van der Waals surface area contributed by atoms with Crippen LogP contribution in [-0.4, -0.2) is 26.2 Å². The van der Waals surface area contributed by atoms with Gasteiger partial charge in [-0.1, -0.05) is 31.2 Å². The van der Waals surface area contributed by atoms with E-state index in [1.54, 1.807) is 0 Å². The molecule has 1 saturated heterocycles. The average molecular weight is 261 g/mol. The highest BCUT2D eigenvalue weighted by atomic mass is 16.5. The quantitative estimate of drug-likeness (QED) is 0.847. The smallest absolute Gasteiger partial charge is 0.313 e. The first kappa shape index (κ1) is 14.1. The van der Waals surface area contributed by atoms with Gasteiger partial charge in [0.15, 0.2) is 0 Å². The number of esters is 1. The second kappa shape index (κ2) is 6.71. The summed E-state index contributed by atoms with van der Waals surface area (Å²) < 4.78 is 4.86. The van der Waals surface area contributed by atoms with E-state index in [1.807, 2.05) is 6.92 Å². The Labute approximate surface area is 115 Å². The van der Waals surface area contributed by atoms with Gasteiger partial charge in [0.05, 0.1) is 13.0 Å². The fourth-order valence-electron chi connectivity index (χ4n) is 2.82. The molecule has 0 aromatic heterocycles. The molecule has 1 fully saturated rings. The number of methoxy groups -OCH3 is 1. The number of benzene rings is 1. The maximum atomic E-state index is 11.7. The fourth-order valence-corrected chi connectivity index (χ4v) is 2.82. The van der Waals surface area contributed by atoms with Crippen LogP contribution in [0.25, 0.3) is 0 Å². The third-order valence-electron chi connectivity index (χ3n) is 4.00. The van der Waals surface area contributed by atoms with Gasteiger partial charge in [-0.05, 0) is 42.9 Å². The van der Waals surface area contributed by atoms with Gasteiger partial charge in [-0.3, -0.25) is 4.79 Å². The molecule has 2 atom stereocenters. The highest BCUT2D eigenvalue weighted by molar-refractivity contribution is 5.77. The molecular formula is C16H23NO2. The molecule has 104 valence electrons. The SMILES string of the molecule is CCC(C(=O)OC)c1ccc(C2CCCNC2)cc1. The standard InChI is InChI=1S/C16H23NO2/c1-3-15(16(18)19-2)13-8-6-12(7-9-13)14-5-4-10-17-11-14/h6-9,14-15,17H,3-5,10-11H2,1-2H3. The molecule has 1 aliphatic rings. The molecule has 1 heterocycles. The van der Waals surface area contributed by atoms with Gasteiger partial charge in [-0.15, -0.1) is 0 Å². The number of carbonyl (C=O) groups excluding carboxylic acids is 1. The van der Waals surface area contributed by atoms with Crippen LogP contribution in [0.5, 0.6) is 0 Å². The van der Waals surface area contributed by atoms with Gasteiger partial charge in [0.25, 0.3) is 0 Å². The Kier molecular flexibility index (Phi) is 4.97. The zero-order chi connectivity index (χ0) is 13.7. The summed E-state index contributed by atoms with van der Waals surface area (Å²) in [7, 11) is 1.45. The predicted molar refractivity (Wildman–Crippen MR) is 76.3 cm³/mol. The van der Waals surface area contributed by atoms with Gasteiger partial charge in [0.1, 0.15) is 0 Å². The van der Waals surface area contributed by atoms with Gasteiger partial charge in [-0.2, -0.15) is 0 Å². The van der Waals surface area contributed by atoms with Crippen LogP contribution in [0.2, 0.25) is 0 Å². The lowest BCUT2D eigenvalue weighted by Crippen LogP contribution is -2.28. The summed E-state index contributed by atoms with van der Waals surface area (Å²) in [5.74, 6) is 0.333. The molecule has 0 radical (unpaired) electrons. The first-order valence-corrected chi connectivity index (χ1v) is 7.14. The molecule has 2 unspecified atom stereocenters. The number of carbonyl (C=O) groups is 1. The van der Waals surface area contributed by atoms with Crippen LogP contribution < -0.4 is 5.32 Å². The second-order valence-electron chi connectivity index (χ2n) is 5.19. The van der Waals surface area contributed by atoms with Gasteiger partial charge >= 0.3 is 5.97 Å². The van der Waals surface area contributed by atoms with E-state index in [0.717, 1.165) is 25.1 Å². The van der Waals surface area contributed by atoms with Gasteiger partial charge in [0.2, 0.25) is 0 Å². The van der Waals surface area contributed by atoms with Crippen LogP contribution in [0.3, 0.4) is 0 Å². The summed E-state index contributed by atoms with van der Waals surface area (Å²) in [6.07, 6.45) is 3.27. The third kappa shape index (κ3) is 3.35. The normalized spacial score (nSPS) is 20.8. The summed E-state index contributed by atoms with van der Waals surface area (Å²) in [5, 5.41) is 3.44. The Morgan fingerprint density at radius 1 is 1.42 bits per heavy atom. The highest BCUT2D eigenvalue weighted by Crippen LogP contribution is 2.26. The van der Waals surface area contributed by atoms with Crippen molar-refractivity contribution in [3.05, 3.63) is 35.4 Å². The first-order valence-electron chi connectivity index (χ1n) is 7.14. The van der Waals surface area contributed by atoms with Crippen LogP contribution in [0.15, 0.2) is 24.3 Å². The fraction of sp³-hybridized carbons (Fsp3) is 0.562. The zero-order valence-corrected chi connectivity index (χ0v) is 11.8. The van der Waals surface area contributed by atoms with E-state index in [9.17, 15) is 4.79 Å². The molecular weight excluding hydrogens is 238 g/mol. The largest absolute Gasteiger partial charge is 0.469 e. The number of ether oxygens (including phenoxy) is 1. The van der Waals surface area contributed by atoms with Crippen molar-refractivity contribution in [3.63, 3.8) is 0 Å². The monoisotopic (exact) mass is 261 g/mol. The van der Waals surface area contributed by atoms with Crippen LogP contribution in [0.4, 0.5) is 0 Å². The summed E-state index contributed by atoms with van der Waals surface area (Å²) >= 11 is 0.